The Kier molecular flexibility index (Phi) is 8.57. The van der Waals surface area contributed by atoms with E-state index in [9.17, 15) is 0 Å². The Morgan fingerprint density at radius 1 is 1.07 bits per heavy atom. The number of halogens is 1. The lowest BCUT2D eigenvalue weighted by atomic mass is 10.0. The van der Waals surface area contributed by atoms with E-state index in [0.717, 1.165) is 39.0 Å². The molecule has 0 saturated heterocycles. The van der Waals surface area contributed by atoms with E-state index >= 15 is 0 Å². The summed E-state index contributed by atoms with van der Waals surface area (Å²) in [5.74, 6) is 0.703. The zero-order chi connectivity index (χ0) is 20.4. The summed E-state index contributed by atoms with van der Waals surface area (Å²) in [6.07, 6.45) is 14.7. The average molecular weight is 433 g/mol. The van der Waals surface area contributed by atoms with Crippen LogP contribution in [0.3, 0.4) is 0 Å². The number of hydrogen-bond donors (Lipinski definition) is 0. The van der Waals surface area contributed by atoms with Gasteiger partial charge in [-0.1, -0.05) is 95.9 Å². The molecule has 0 unspecified atom stereocenters. The van der Waals surface area contributed by atoms with Crippen molar-refractivity contribution in [2.24, 2.45) is 0 Å². The fraction of sp³-hybridized carbons (Fsp3) is 0.120. The molecule has 0 fully saturated rings. The van der Waals surface area contributed by atoms with Crippen LogP contribution in [0.15, 0.2) is 96.6 Å². The second-order valence-electron chi connectivity index (χ2n) is 6.05. The molecule has 0 aliphatic carbocycles. The van der Waals surface area contributed by atoms with Crippen molar-refractivity contribution < 1.29 is 0 Å². The number of allylic oxidation sites excluding steroid dienone is 10. The van der Waals surface area contributed by atoms with Crippen LogP contribution in [-0.2, 0) is 0 Å². The SMILES string of the molecule is C=C/C=C(\C/C=C\C)c1cc(C(/C=C\C(=C)Br)=C/C)nc(-c2ccccc2)n1. The summed E-state index contributed by atoms with van der Waals surface area (Å²) in [6, 6.07) is 12.1. The second-order valence-corrected chi connectivity index (χ2v) is 7.07. The van der Waals surface area contributed by atoms with Crippen LogP contribution in [0.5, 0.6) is 0 Å². The molecule has 0 spiro atoms. The molecule has 0 amide bonds. The van der Waals surface area contributed by atoms with Gasteiger partial charge in [-0.05, 0) is 43.6 Å². The van der Waals surface area contributed by atoms with Crippen LogP contribution in [-0.4, -0.2) is 9.97 Å². The third kappa shape index (κ3) is 6.14. The van der Waals surface area contributed by atoms with Crippen molar-refractivity contribution in [1.82, 2.24) is 9.97 Å². The summed E-state index contributed by atoms with van der Waals surface area (Å²) < 4.78 is 0.810. The average Bonchev–Trinajstić information content (AvgIpc) is 2.72. The third-order valence-electron chi connectivity index (χ3n) is 4.03. The summed E-state index contributed by atoms with van der Waals surface area (Å²) in [4.78, 5) is 9.68. The molecule has 0 saturated carbocycles. The van der Waals surface area contributed by atoms with E-state index in [2.05, 4.69) is 35.2 Å². The summed E-state index contributed by atoms with van der Waals surface area (Å²) >= 11 is 3.37. The Balaban J connectivity index is 2.66. The highest BCUT2D eigenvalue weighted by Crippen LogP contribution is 2.26. The number of nitrogens with zero attached hydrogens (tertiary/aromatic N) is 2. The fourth-order valence-corrected chi connectivity index (χ4v) is 2.76. The van der Waals surface area contributed by atoms with Crippen LogP contribution in [0.4, 0.5) is 0 Å². The molecule has 2 nitrogen and oxygen atoms in total. The summed E-state index contributed by atoms with van der Waals surface area (Å²) in [6.45, 7) is 11.7. The second kappa shape index (κ2) is 11.2. The maximum absolute atomic E-state index is 4.85. The molecule has 1 aromatic carbocycles. The van der Waals surface area contributed by atoms with E-state index in [1.807, 2.05) is 80.6 Å². The van der Waals surface area contributed by atoms with Crippen molar-refractivity contribution in [3.05, 3.63) is 108 Å². The Morgan fingerprint density at radius 3 is 2.39 bits per heavy atom. The minimum Gasteiger partial charge on any atom is -0.228 e. The molecule has 2 aromatic rings. The van der Waals surface area contributed by atoms with E-state index in [4.69, 9.17) is 9.97 Å². The Hall–Kier alpha value is -2.78. The minimum absolute atomic E-state index is 0.703. The molecule has 0 N–H and O–H groups in total. The highest BCUT2D eigenvalue weighted by Gasteiger charge is 2.11. The Morgan fingerprint density at radius 2 is 1.79 bits per heavy atom. The Labute approximate surface area is 176 Å². The summed E-state index contributed by atoms with van der Waals surface area (Å²) in [7, 11) is 0. The zero-order valence-electron chi connectivity index (χ0n) is 16.4. The topological polar surface area (TPSA) is 25.8 Å². The van der Waals surface area contributed by atoms with E-state index in [1.54, 1.807) is 6.08 Å². The number of hydrogen-bond acceptors (Lipinski definition) is 2. The van der Waals surface area contributed by atoms with Crippen molar-refractivity contribution in [2.45, 2.75) is 20.3 Å². The van der Waals surface area contributed by atoms with Gasteiger partial charge >= 0.3 is 0 Å². The smallest absolute Gasteiger partial charge is 0.160 e. The molecule has 142 valence electrons. The van der Waals surface area contributed by atoms with Gasteiger partial charge in [-0.2, -0.15) is 0 Å². The number of benzene rings is 1. The first-order valence-electron chi connectivity index (χ1n) is 9.15. The fourth-order valence-electron chi connectivity index (χ4n) is 2.63. The molecule has 1 heterocycles. The molecule has 0 radical (unpaired) electrons. The van der Waals surface area contributed by atoms with Crippen molar-refractivity contribution in [2.75, 3.05) is 0 Å². The molecule has 0 bridgehead atoms. The van der Waals surface area contributed by atoms with Crippen LogP contribution in [0.25, 0.3) is 22.5 Å². The Bertz CT molecular complexity index is 948. The summed E-state index contributed by atoms with van der Waals surface area (Å²) in [5, 5.41) is 0. The first-order chi connectivity index (χ1) is 13.6. The standard InChI is InChI=1S/C25H25BrN2/c1-5-8-13-21(12-6-2)24-18-23(20(7-3)17-16-19(4)26)27-25(28-24)22-14-10-9-11-15-22/h5-12,14-18H,2,4,13H2,1,3H3/b8-5-,17-16-,20-7+,21-12+. The molecular formula is C25H25BrN2. The van der Waals surface area contributed by atoms with E-state index in [-0.39, 0.29) is 0 Å². The molecule has 0 aliphatic rings. The van der Waals surface area contributed by atoms with E-state index in [0.29, 0.717) is 5.82 Å². The molecule has 0 atom stereocenters. The first-order valence-corrected chi connectivity index (χ1v) is 9.95. The van der Waals surface area contributed by atoms with Gasteiger partial charge in [0, 0.05) is 10.0 Å². The first kappa shape index (κ1) is 21.5. The lowest BCUT2D eigenvalue weighted by Crippen LogP contribution is -2.00. The predicted molar refractivity (Wildman–Crippen MR) is 126 cm³/mol. The van der Waals surface area contributed by atoms with Gasteiger partial charge < -0.3 is 0 Å². The largest absolute Gasteiger partial charge is 0.228 e. The molecule has 3 heteroatoms. The van der Waals surface area contributed by atoms with Gasteiger partial charge in [0.2, 0.25) is 0 Å². The van der Waals surface area contributed by atoms with Gasteiger partial charge in [-0.15, -0.1) is 0 Å². The minimum atomic E-state index is 0.703. The summed E-state index contributed by atoms with van der Waals surface area (Å²) in [5.41, 5.74) is 4.85. The van der Waals surface area contributed by atoms with Gasteiger partial charge in [0.15, 0.2) is 5.82 Å². The van der Waals surface area contributed by atoms with Crippen LogP contribution in [0.1, 0.15) is 31.7 Å². The predicted octanol–water partition coefficient (Wildman–Crippen LogP) is 7.55. The van der Waals surface area contributed by atoms with Crippen molar-refractivity contribution in [1.29, 1.82) is 0 Å². The highest BCUT2D eigenvalue weighted by atomic mass is 79.9. The molecule has 1 aromatic heterocycles. The molecular weight excluding hydrogens is 408 g/mol. The maximum Gasteiger partial charge on any atom is 0.160 e. The number of rotatable bonds is 8. The van der Waals surface area contributed by atoms with Crippen molar-refractivity contribution >= 4 is 27.1 Å². The van der Waals surface area contributed by atoms with Crippen LogP contribution >= 0.6 is 15.9 Å². The highest BCUT2D eigenvalue weighted by molar-refractivity contribution is 9.11. The third-order valence-corrected chi connectivity index (χ3v) is 4.29. The van der Waals surface area contributed by atoms with Crippen LogP contribution in [0, 0.1) is 0 Å². The zero-order valence-corrected chi connectivity index (χ0v) is 18.0. The van der Waals surface area contributed by atoms with Crippen LogP contribution in [0.2, 0.25) is 0 Å². The van der Waals surface area contributed by atoms with E-state index < -0.39 is 0 Å². The van der Waals surface area contributed by atoms with Gasteiger partial charge in [0.25, 0.3) is 0 Å². The van der Waals surface area contributed by atoms with Crippen molar-refractivity contribution in [3.63, 3.8) is 0 Å². The maximum atomic E-state index is 4.85. The van der Waals surface area contributed by atoms with Gasteiger partial charge in [0.1, 0.15) is 0 Å². The van der Waals surface area contributed by atoms with Gasteiger partial charge in [0.05, 0.1) is 11.4 Å². The lowest BCUT2D eigenvalue weighted by molar-refractivity contribution is 1.12. The van der Waals surface area contributed by atoms with Crippen molar-refractivity contribution in [3.8, 4) is 11.4 Å². The monoisotopic (exact) mass is 432 g/mol. The molecule has 28 heavy (non-hydrogen) atoms. The van der Waals surface area contributed by atoms with Gasteiger partial charge in [-0.3, -0.25) is 0 Å². The number of aromatic nitrogens is 2. The van der Waals surface area contributed by atoms with Crippen LogP contribution < -0.4 is 0 Å². The van der Waals surface area contributed by atoms with E-state index in [1.165, 1.54) is 0 Å². The van der Waals surface area contributed by atoms with Gasteiger partial charge in [-0.25, -0.2) is 9.97 Å². The molecule has 0 aliphatic heterocycles. The molecule has 2 rings (SSSR count). The lowest BCUT2D eigenvalue weighted by Gasteiger charge is -2.11. The quantitative estimate of drug-likeness (QED) is 0.317. The normalized spacial score (nSPS) is 12.7.